The maximum atomic E-state index is 11.4. The van der Waals surface area contributed by atoms with E-state index in [9.17, 15) is 29.7 Å². The van der Waals surface area contributed by atoms with Gasteiger partial charge in [0, 0.05) is 58.9 Å². The molecule has 0 bridgehead atoms. The number of nitrogens with zero attached hydrogens (tertiary/aromatic N) is 4. The lowest BCUT2D eigenvalue weighted by Gasteiger charge is -2.33. The van der Waals surface area contributed by atoms with Gasteiger partial charge in [0.1, 0.15) is 0 Å². The lowest BCUT2D eigenvalue weighted by atomic mass is 9.87. The highest BCUT2D eigenvalue weighted by Gasteiger charge is 2.20. The summed E-state index contributed by atoms with van der Waals surface area (Å²) in [5.74, 6) is -2.80. The molecule has 0 radical (unpaired) electrons. The molecule has 10 nitrogen and oxygen atoms in total. The fourth-order valence-corrected chi connectivity index (χ4v) is 4.15. The third-order valence-electron chi connectivity index (χ3n) is 6.23. The van der Waals surface area contributed by atoms with E-state index >= 15 is 0 Å². The Hall–Kier alpha value is -2.53. The van der Waals surface area contributed by atoms with Crippen LogP contribution in [0.3, 0.4) is 0 Å². The van der Waals surface area contributed by atoms with E-state index < -0.39 is 17.9 Å². The maximum absolute atomic E-state index is 11.4. The summed E-state index contributed by atoms with van der Waals surface area (Å²) in [6.07, 6.45) is 0. The first-order valence-corrected chi connectivity index (χ1v) is 12.1. The molecule has 1 aliphatic heterocycles. The van der Waals surface area contributed by atoms with Crippen LogP contribution in [0.4, 0.5) is 0 Å². The van der Waals surface area contributed by atoms with Crippen LogP contribution in [0, 0.1) is 0 Å². The van der Waals surface area contributed by atoms with Gasteiger partial charge in [-0.05, 0) is 16.5 Å². The van der Waals surface area contributed by atoms with Crippen molar-refractivity contribution in [1.29, 1.82) is 0 Å². The summed E-state index contributed by atoms with van der Waals surface area (Å²) in [4.78, 5) is 41.7. The van der Waals surface area contributed by atoms with Crippen LogP contribution in [-0.2, 0) is 26.3 Å². The molecule has 196 valence electrons. The second kappa shape index (κ2) is 13.5. The van der Waals surface area contributed by atoms with Crippen molar-refractivity contribution in [1.82, 2.24) is 19.6 Å². The van der Waals surface area contributed by atoms with Crippen molar-refractivity contribution in [3.63, 3.8) is 0 Å². The quantitative estimate of drug-likeness (QED) is 0.483. The summed E-state index contributed by atoms with van der Waals surface area (Å²) in [5, 5.41) is 28.0. The zero-order valence-corrected chi connectivity index (χ0v) is 21.1. The Bertz CT molecular complexity index is 807. The maximum Gasteiger partial charge on any atom is 0.317 e. The highest BCUT2D eigenvalue weighted by Crippen LogP contribution is 2.22. The molecule has 3 N–H and O–H groups in total. The minimum atomic E-state index is -0.963. The first kappa shape index (κ1) is 28.7. The fourth-order valence-electron chi connectivity index (χ4n) is 4.15. The Morgan fingerprint density at radius 1 is 0.629 bits per heavy atom. The molecule has 1 fully saturated rings. The first-order chi connectivity index (χ1) is 16.4. The summed E-state index contributed by atoms with van der Waals surface area (Å²) < 4.78 is 0. The van der Waals surface area contributed by atoms with Crippen molar-refractivity contribution in [3.05, 3.63) is 35.4 Å². The van der Waals surface area contributed by atoms with Crippen molar-refractivity contribution in [2.45, 2.75) is 32.7 Å². The molecule has 1 heterocycles. The van der Waals surface area contributed by atoms with Gasteiger partial charge in [-0.2, -0.15) is 0 Å². The highest BCUT2D eigenvalue weighted by molar-refractivity contribution is 5.69. The molecule has 1 saturated heterocycles. The number of carbonyl (C=O) groups is 3. The lowest BCUT2D eigenvalue weighted by molar-refractivity contribution is -0.140. The monoisotopic (exact) mass is 492 g/mol. The van der Waals surface area contributed by atoms with Crippen LogP contribution in [-0.4, -0.2) is 125 Å². The van der Waals surface area contributed by atoms with E-state index in [1.54, 1.807) is 4.90 Å². The number of hydrogen-bond acceptors (Lipinski definition) is 7. The summed E-state index contributed by atoms with van der Waals surface area (Å²) in [7, 11) is 0. The topological polar surface area (TPSA) is 125 Å². The van der Waals surface area contributed by atoms with Crippen LogP contribution in [0.1, 0.15) is 31.9 Å². The molecule has 35 heavy (non-hydrogen) atoms. The molecule has 0 aromatic heterocycles. The average molecular weight is 493 g/mol. The van der Waals surface area contributed by atoms with Gasteiger partial charge in [0.2, 0.25) is 0 Å². The predicted octanol–water partition coefficient (Wildman–Crippen LogP) is 0.960. The van der Waals surface area contributed by atoms with Crippen LogP contribution >= 0.6 is 0 Å². The number of benzene rings is 1. The van der Waals surface area contributed by atoms with E-state index in [4.69, 9.17) is 0 Å². The number of carboxylic acids is 3. The number of aliphatic carboxylic acids is 3. The predicted molar refractivity (Wildman–Crippen MR) is 133 cm³/mol. The summed E-state index contributed by atoms with van der Waals surface area (Å²) in [6.45, 7) is 10.7. The van der Waals surface area contributed by atoms with Gasteiger partial charge in [-0.1, -0.05) is 45.0 Å². The highest BCUT2D eigenvalue weighted by atomic mass is 16.4. The van der Waals surface area contributed by atoms with Crippen molar-refractivity contribution in [3.8, 4) is 0 Å². The van der Waals surface area contributed by atoms with Gasteiger partial charge >= 0.3 is 17.9 Å². The Morgan fingerprint density at radius 2 is 0.943 bits per heavy atom. The summed E-state index contributed by atoms with van der Waals surface area (Å²) in [6, 6.07) is 8.50. The van der Waals surface area contributed by atoms with E-state index in [-0.39, 0.29) is 25.0 Å². The molecule has 1 aliphatic rings. The molecular weight excluding hydrogens is 452 g/mol. The van der Waals surface area contributed by atoms with Crippen molar-refractivity contribution in [2.75, 3.05) is 72.0 Å². The van der Waals surface area contributed by atoms with Gasteiger partial charge in [-0.15, -0.1) is 0 Å². The van der Waals surface area contributed by atoms with Gasteiger partial charge in [0.05, 0.1) is 19.6 Å². The van der Waals surface area contributed by atoms with Gasteiger partial charge in [-0.25, -0.2) is 0 Å². The summed E-state index contributed by atoms with van der Waals surface area (Å²) >= 11 is 0. The van der Waals surface area contributed by atoms with E-state index in [0.29, 0.717) is 58.9 Å². The molecule has 1 aromatic carbocycles. The zero-order valence-electron chi connectivity index (χ0n) is 21.1. The fraction of sp³-hybridized carbons (Fsp3) is 0.640. The van der Waals surface area contributed by atoms with Crippen LogP contribution in [0.25, 0.3) is 0 Å². The Morgan fingerprint density at radius 3 is 1.23 bits per heavy atom. The van der Waals surface area contributed by atoms with Crippen molar-refractivity contribution < 1.29 is 29.7 Å². The third kappa shape index (κ3) is 11.2. The Balaban J connectivity index is 2.18. The van der Waals surface area contributed by atoms with Crippen molar-refractivity contribution in [2.24, 2.45) is 0 Å². The molecule has 0 atom stereocenters. The molecule has 1 aromatic rings. The SMILES string of the molecule is CC(C)(C)c1ccc(CN2CCN(CC(=O)O)CCN(CC(=O)O)CCN(CC(=O)O)CC2)cc1. The third-order valence-corrected chi connectivity index (χ3v) is 6.23. The van der Waals surface area contributed by atoms with Crippen LogP contribution in [0.15, 0.2) is 24.3 Å². The number of rotatable bonds is 8. The zero-order chi connectivity index (χ0) is 26.0. The van der Waals surface area contributed by atoms with Gasteiger partial charge < -0.3 is 15.3 Å². The molecule has 0 saturated carbocycles. The Kier molecular flexibility index (Phi) is 11.1. The van der Waals surface area contributed by atoms with Crippen LogP contribution in [0.2, 0.25) is 0 Å². The largest absolute Gasteiger partial charge is 0.480 e. The minimum absolute atomic E-state index is 0.0646. The molecule has 0 unspecified atom stereocenters. The number of hydrogen-bond donors (Lipinski definition) is 3. The van der Waals surface area contributed by atoms with E-state index in [0.717, 1.165) is 5.56 Å². The first-order valence-electron chi connectivity index (χ1n) is 12.1. The molecule has 0 aliphatic carbocycles. The smallest absolute Gasteiger partial charge is 0.317 e. The normalized spacial score (nSPS) is 18.5. The second-order valence-corrected chi connectivity index (χ2v) is 10.2. The number of carboxylic acid groups (broad SMARTS) is 3. The molecular formula is C25H40N4O6. The van der Waals surface area contributed by atoms with Crippen molar-refractivity contribution >= 4 is 17.9 Å². The molecule has 10 heteroatoms. The second-order valence-electron chi connectivity index (χ2n) is 10.2. The van der Waals surface area contributed by atoms with Crippen LogP contribution < -0.4 is 0 Å². The van der Waals surface area contributed by atoms with Crippen LogP contribution in [0.5, 0.6) is 0 Å². The van der Waals surface area contributed by atoms with Gasteiger partial charge in [0.25, 0.3) is 0 Å². The summed E-state index contributed by atoms with van der Waals surface area (Å²) in [5.41, 5.74) is 2.46. The van der Waals surface area contributed by atoms with E-state index in [2.05, 4.69) is 49.9 Å². The minimum Gasteiger partial charge on any atom is -0.480 e. The van der Waals surface area contributed by atoms with E-state index in [1.165, 1.54) is 5.56 Å². The lowest BCUT2D eigenvalue weighted by Crippen LogP contribution is -2.48. The average Bonchev–Trinajstić information content (AvgIpc) is 2.74. The molecule has 0 spiro atoms. The van der Waals surface area contributed by atoms with Gasteiger partial charge in [0.15, 0.2) is 0 Å². The van der Waals surface area contributed by atoms with E-state index in [1.807, 2.05) is 9.80 Å². The van der Waals surface area contributed by atoms with Gasteiger partial charge in [-0.3, -0.25) is 34.0 Å². The Labute approximate surface area is 207 Å². The standard InChI is InChI=1S/C25H40N4O6/c1-25(2,3)21-6-4-20(5-7-21)16-26-8-10-27(17-22(30)31)12-14-29(19-24(34)35)15-13-28(11-9-26)18-23(32)33/h4-7H,8-19H2,1-3H3,(H,30,31)(H,32,33)(H,34,35). The molecule has 0 amide bonds. The molecule has 2 rings (SSSR count).